The Balaban J connectivity index is 1.80. The summed E-state index contributed by atoms with van der Waals surface area (Å²) in [5.41, 5.74) is 2.75. The third-order valence-electron chi connectivity index (χ3n) is 4.38. The fraction of sp³-hybridized carbons (Fsp3) is 0.333. The van der Waals surface area contributed by atoms with E-state index in [1.165, 1.54) is 6.92 Å². The Bertz CT molecular complexity index is 944. The molecule has 7 nitrogen and oxygen atoms in total. The fourth-order valence-corrected chi connectivity index (χ4v) is 3.13. The number of nitrogens with zero attached hydrogens (tertiary/aromatic N) is 4. The van der Waals surface area contributed by atoms with Crippen molar-refractivity contribution < 1.29 is 9.53 Å². The predicted octanol–water partition coefficient (Wildman–Crippen LogP) is 2.59. The van der Waals surface area contributed by atoms with Gasteiger partial charge < -0.3 is 10.1 Å². The maximum Gasteiger partial charge on any atom is 0.222 e. The van der Waals surface area contributed by atoms with Crippen LogP contribution in [-0.4, -0.2) is 38.9 Å². The van der Waals surface area contributed by atoms with Gasteiger partial charge >= 0.3 is 0 Å². The van der Waals surface area contributed by atoms with Gasteiger partial charge in [-0.2, -0.15) is 5.10 Å². The Morgan fingerprint density at radius 1 is 1.40 bits per heavy atom. The summed E-state index contributed by atoms with van der Waals surface area (Å²) in [4.78, 5) is 20.4. The molecule has 4 rings (SSSR count). The highest BCUT2D eigenvalue weighted by Crippen LogP contribution is 2.26. The topological polar surface area (TPSA) is 81.9 Å². The van der Waals surface area contributed by atoms with E-state index in [2.05, 4.69) is 15.4 Å². The van der Waals surface area contributed by atoms with Crippen molar-refractivity contribution in [3.63, 3.8) is 0 Å². The Hall–Kier alpha value is -2.80. The molecule has 0 saturated carbocycles. The zero-order valence-electron chi connectivity index (χ0n) is 14.2. The molecule has 1 N–H and O–H groups in total. The molecule has 1 aliphatic heterocycles. The number of amides is 1. The van der Waals surface area contributed by atoms with Gasteiger partial charge in [-0.1, -0.05) is 6.07 Å². The van der Waals surface area contributed by atoms with Gasteiger partial charge in [0.05, 0.1) is 17.8 Å². The lowest BCUT2D eigenvalue weighted by Gasteiger charge is -2.10. The molecule has 3 aromatic rings. The molecule has 4 heterocycles. The minimum atomic E-state index is -0.156. The van der Waals surface area contributed by atoms with Crippen molar-refractivity contribution in [2.24, 2.45) is 0 Å². The lowest BCUT2D eigenvalue weighted by atomic mass is 10.0. The molecule has 1 atom stereocenters. The molecule has 0 aliphatic carbocycles. The highest BCUT2D eigenvalue weighted by molar-refractivity contribution is 5.91. The molecule has 0 radical (unpaired) electrons. The lowest BCUT2D eigenvalue weighted by molar-refractivity contribution is -0.114. The number of hydrogen-bond acceptors (Lipinski definition) is 5. The Labute approximate surface area is 145 Å². The first-order chi connectivity index (χ1) is 12.1. The summed E-state index contributed by atoms with van der Waals surface area (Å²) in [6.07, 6.45) is 2.72. The number of ether oxygens (including phenoxy) is 1. The SMILES string of the molecule is CC(=O)Nc1cc2c(cn1)c(C)nn2-c1cccc([C@H]2CCOC2)n1. The van der Waals surface area contributed by atoms with E-state index in [0.717, 1.165) is 41.1 Å². The van der Waals surface area contributed by atoms with Gasteiger partial charge in [0.2, 0.25) is 5.91 Å². The van der Waals surface area contributed by atoms with Crippen molar-refractivity contribution in [2.45, 2.75) is 26.2 Å². The summed E-state index contributed by atoms with van der Waals surface area (Å²) < 4.78 is 7.28. The molecule has 1 fully saturated rings. The minimum absolute atomic E-state index is 0.156. The highest BCUT2D eigenvalue weighted by atomic mass is 16.5. The maximum absolute atomic E-state index is 11.3. The van der Waals surface area contributed by atoms with E-state index in [1.807, 2.05) is 31.2 Å². The summed E-state index contributed by atoms with van der Waals surface area (Å²) >= 11 is 0. The number of fused-ring (bicyclic) bond motifs is 1. The average Bonchev–Trinajstić information content (AvgIpc) is 3.23. The van der Waals surface area contributed by atoms with Gasteiger partial charge in [-0.25, -0.2) is 14.6 Å². The molecular weight excluding hydrogens is 318 g/mol. The van der Waals surface area contributed by atoms with Gasteiger partial charge in [-0.05, 0) is 25.5 Å². The van der Waals surface area contributed by atoms with Gasteiger partial charge in [-0.3, -0.25) is 4.79 Å². The molecule has 0 spiro atoms. The Kier molecular flexibility index (Phi) is 3.93. The molecule has 1 amide bonds. The molecular formula is C18H19N5O2. The first-order valence-corrected chi connectivity index (χ1v) is 8.30. The Morgan fingerprint density at radius 3 is 3.04 bits per heavy atom. The van der Waals surface area contributed by atoms with Crippen LogP contribution in [0.1, 0.15) is 30.7 Å². The van der Waals surface area contributed by atoms with Crippen LogP contribution in [0.15, 0.2) is 30.5 Å². The predicted molar refractivity (Wildman–Crippen MR) is 93.9 cm³/mol. The lowest BCUT2D eigenvalue weighted by Crippen LogP contribution is -2.08. The fourth-order valence-electron chi connectivity index (χ4n) is 3.13. The van der Waals surface area contributed by atoms with Gasteiger partial charge in [0.15, 0.2) is 5.82 Å². The number of aromatic nitrogens is 4. The quantitative estimate of drug-likeness (QED) is 0.794. The van der Waals surface area contributed by atoms with E-state index in [1.54, 1.807) is 10.9 Å². The van der Waals surface area contributed by atoms with Gasteiger partial charge in [0.1, 0.15) is 5.82 Å². The zero-order chi connectivity index (χ0) is 17.4. The minimum Gasteiger partial charge on any atom is -0.381 e. The zero-order valence-corrected chi connectivity index (χ0v) is 14.2. The number of rotatable bonds is 3. The standard InChI is InChI=1S/C18H19N5O2/c1-11-14-9-19-17(20-12(2)24)8-16(14)23(22-11)18-5-3-4-15(21-18)13-6-7-25-10-13/h3-5,8-9,13H,6-7,10H2,1-2H3,(H,19,20,24)/t13-/m0/s1. The normalized spacial score (nSPS) is 17.1. The number of anilines is 1. The van der Waals surface area contributed by atoms with E-state index in [-0.39, 0.29) is 5.91 Å². The van der Waals surface area contributed by atoms with Crippen LogP contribution in [0.25, 0.3) is 16.7 Å². The van der Waals surface area contributed by atoms with Crippen LogP contribution >= 0.6 is 0 Å². The summed E-state index contributed by atoms with van der Waals surface area (Å²) in [6.45, 7) is 4.90. The van der Waals surface area contributed by atoms with Crippen LogP contribution in [0, 0.1) is 6.92 Å². The van der Waals surface area contributed by atoms with E-state index in [9.17, 15) is 4.79 Å². The third kappa shape index (κ3) is 2.98. The molecule has 3 aromatic heterocycles. The number of carbonyl (C=O) groups is 1. The van der Waals surface area contributed by atoms with Crippen molar-refractivity contribution in [3.05, 3.63) is 41.9 Å². The van der Waals surface area contributed by atoms with Crippen LogP contribution in [-0.2, 0) is 9.53 Å². The largest absolute Gasteiger partial charge is 0.381 e. The first-order valence-electron chi connectivity index (χ1n) is 8.30. The Morgan fingerprint density at radius 2 is 2.28 bits per heavy atom. The number of hydrogen-bond donors (Lipinski definition) is 1. The molecule has 25 heavy (non-hydrogen) atoms. The second kappa shape index (κ2) is 6.25. The van der Waals surface area contributed by atoms with Gasteiger partial charge in [0.25, 0.3) is 0 Å². The number of aryl methyl sites for hydroxylation is 1. The second-order valence-electron chi connectivity index (χ2n) is 6.25. The maximum atomic E-state index is 11.3. The van der Waals surface area contributed by atoms with Crippen LogP contribution in [0.5, 0.6) is 0 Å². The van der Waals surface area contributed by atoms with E-state index < -0.39 is 0 Å². The van der Waals surface area contributed by atoms with Crippen LogP contribution in [0.2, 0.25) is 0 Å². The number of carbonyl (C=O) groups excluding carboxylic acids is 1. The van der Waals surface area contributed by atoms with E-state index in [0.29, 0.717) is 18.3 Å². The molecule has 0 unspecified atom stereocenters. The molecule has 1 aliphatic rings. The third-order valence-corrected chi connectivity index (χ3v) is 4.38. The summed E-state index contributed by atoms with van der Waals surface area (Å²) in [6, 6.07) is 7.79. The molecule has 0 bridgehead atoms. The molecule has 7 heteroatoms. The summed E-state index contributed by atoms with van der Waals surface area (Å²) in [5, 5.41) is 8.27. The van der Waals surface area contributed by atoms with Crippen molar-refractivity contribution in [1.29, 1.82) is 0 Å². The van der Waals surface area contributed by atoms with E-state index in [4.69, 9.17) is 9.72 Å². The van der Waals surface area contributed by atoms with Crippen molar-refractivity contribution in [2.75, 3.05) is 18.5 Å². The number of pyridine rings is 2. The van der Waals surface area contributed by atoms with Crippen molar-refractivity contribution in [1.82, 2.24) is 19.7 Å². The van der Waals surface area contributed by atoms with E-state index >= 15 is 0 Å². The summed E-state index contributed by atoms with van der Waals surface area (Å²) in [5.74, 6) is 1.43. The molecule has 1 saturated heterocycles. The van der Waals surface area contributed by atoms with Crippen LogP contribution in [0.4, 0.5) is 5.82 Å². The van der Waals surface area contributed by atoms with Crippen LogP contribution < -0.4 is 5.32 Å². The van der Waals surface area contributed by atoms with Crippen molar-refractivity contribution >= 4 is 22.6 Å². The van der Waals surface area contributed by atoms with Gasteiger partial charge in [0, 0.05) is 42.8 Å². The number of nitrogens with one attached hydrogen (secondary N) is 1. The average molecular weight is 337 g/mol. The molecule has 0 aromatic carbocycles. The van der Waals surface area contributed by atoms with Crippen LogP contribution in [0.3, 0.4) is 0 Å². The van der Waals surface area contributed by atoms with Gasteiger partial charge in [-0.15, -0.1) is 0 Å². The smallest absolute Gasteiger partial charge is 0.222 e. The van der Waals surface area contributed by atoms with Crippen molar-refractivity contribution in [3.8, 4) is 5.82 Å². The molecule has 128 valence electrons. The second-order valence-corrected chi connectivity index (χ2v) is 6.25. The first kappa shape index (κ1) is 15.7. The highest BCUT2D eigenvalue weighted by Gasteiger charge is 2.20. The monoisotopic (exact) mass is 337 g/mol. The summed E-state index contributed by atoms with van der Waals surface area (Å²) in [7, 11) is 0.